The Balaban J connectivity index is 2.22. The minimum absolute atomic E-state index is 0.349. The molecular formula is C14H13Br2FN2. The number of halogens is 3. The van der Waals surface area contributed by atoms with E-state index >= 15 is 0 Å². The van der Waals surface area contributed by atoms with Gasteiger partial charge in [-0.1, -0.05) is 28.1 Å². The van der Waals surface area contributed by atoms with Crippen molar-refractivity contribution in [2.75, 3.05) is 17.7 Å². The maximum atomic E-state index is 13.3. The van der Waals surface area contributed by atoms with Crippen LogP contribution >= 0.6 is 31.9 Å². The van der Waals surface area contributed by atoms with Crippen molar-refractivity contribution >= 4 is 43.2 Å². The molecule has 0 atom stereocenters. The van der Waals surface area contributed by atoms with Gasteiger partial charge in [-0.2, -0.15) is 0 Å². The molecule has 100 valence electrons. The molecule has 0 spiro atoms. The lowest BCUT2D eigenvalue weighted by Crippen LogP contribution is -2.18. The number of rotatable bonds is 3. The van der Waals surface area contributed by atoms with E-state index < -0.39 is 0 Å². The van der Waals surface area contributed by atoms with Gasteiger partial charge < -0.3 is 10.6 Å². The van der Waals surface area contributed by atoms with Gasteiger partial charge >= 0.3 is 0 Å². The average molecular weight is 388 g/mol. The maximum Gasteiger partial charge on any atom is 0.139 e. The van der Waals surface area contributed by atoms with E-state index in [1.165, 1.54) is 6.07 Å². The number of hydrogen-bond donors (Lipinski definition) is 1. The fraction of sp³-hybridized carbons (Fsp3) is 0.143. The van der Waals surface area contributed by atoms with Crippen molar-refractivity contribution in [2.45, 2.75) is 6.54 Å². The number of nitrogen functional groups attached to an aromatic ring is 1. The highest BCUT2D eigenvalue weighted by molar-refractivity contribution is 9.10. The summed E-state index contributed by atoms with van der Waals surface area (Å²) in [6.07, 6.45) is 0. The summed E-state index contributed by atoms with van der Waals surface area (Å²) in [6, 6.07) is 11.1. The number of benzene rings is 2. The minimum Gasteiger partial charge on any atom is -0.397 e. The fourth-order valence-corrected chi connectivity index (χ4v) is 2.43. The van der Waals surface area contributed by atoms with Crippen LogP contribution in [-0.4, -0.2) is 7.05 Å². The van der Waals surface area contributed by atoms with Crippen LogP contribution in [0.25, 0.3) is 0 Å². The van der Waals surface area contributed by atoms with Gasteiger partial charge in [0.25, 0.3) is 0 Å². The SMILES string of the molecule is CN(Cc1ccc(Br)cc1)c1cc(Br)c(F)cc1N. The first-order valence-corrected chi connectivity index (χ1v) is 7.26. The molecule has 2 aromatic carbocycles. The van der Waals surface area contributed by atoms with Crippen molar-refractivity contribution in [2.24, 2.45) is 0 Å². The van der Waals surface area contributed by atoms with E-state index in [0.717, 1.165) is 15.7 Å². The molecule has 0 radical (unpaired) electrons. The minimum atomic E-state index is -0.349. The van der Waals surface area contributed by atoms with Crippen LogP contribution in [0.4, 0.5) is 15.8 Å². The summed E-state index contributed by atoms with van der Waals surface area (Å²) in [4.78, 5) is 1.99. The zero-order valence-corrected chi connectivity index (χ0v) is 13.5. The first-order chi connectivity index (χ1) is 8.97. The van der Waals surface area contributed by atoms with Crippen LogP contribution in [0.5, 0.6) is 0 Å². The Morgan fingerprint density at radius 2 is 1.79 bits per heavy atom. The Bertz CT molecular complexity index is 585. The first-order valence-electron chi connectivity index (χ1n) is 5.67. The topological polar surface area (TPSA) is 29.3 Å². The number of nitrogens with zero attached hydrogens (tertiary/aromatic N) is 1. The summed E-state index contributed by atoms with van der Waals surface area (Å²) in [7, 11) is 1.93. The molecule has 2 aromatic rings. The third-order valence-electron chi connectivity index (χ3n) is 2.81. The molecule has 5 heteroatoms. The summed E-state index contributed by atoms with van der Waals surface area (Å²) in [5.74, 6) is -0.349. The molecule has 2 nitrogen and oxygen atoms in total. The summed E-state index contributed by atoms with van der Waals surface area (Å²) < 4.78 is 14.8. The van der Waals surface area contributed by atoms with Gasteiger partial charge in [0.1, 0.15) is 5.82 Å². The molecule has 0 bridgehead atoms. The molecule has 0 heterocycles. The van der Waals surface area contributed by atoms with Crippen LogP contribution in [0.2, 0.25) is 0 Å². The van der Waals surface area contributed by atoms with Crippen molar-refractivity contribution in [1.29, 1.82) is 0 Å². The fourth-order valence-electron chi connectivity index (χ4n) is 1.83. The quantitative estimate of drug-likeness (QED) is 0.781. The van der Waals surface area contributed by atoms with Gasteiger partial charge in [0.05, 0.1) is 15.8 Å². The molecule has 2 N–H and O–H groups in total. The lowest BCUT2D eigenvalue weighted by molar-refractivity contribution is 0.621. The van der Waals surface area contributed by atoms with Gasteiger partial charge in [-0.05, 0) is 39.7 Å². The van der Waals surface area contributed by atoms with Crippen molar-refractivity contribution < 1.29 is 4.39 Å². The summed E-state index contributed by atoms with van der Waals surface area (Å²) in [5, 5.41) is 0. The second-order valence-corrected chi connectivity index (χ2v) is 6.08. The molecule has 0 amide bonds. The molecule has 19 heavy (non-hydrogen) atoms. The predicted molar refractivity (Wildman–Crippen MR) is 84.8 cm³/mol. The summed E-state index contributed by atoms with van der Waals surface area (Å²) in [6.45, 7) is 0.704. The van der Waals surface area contributed by atoms with Crippen molar-refractivity contribution in [3.63, 3.8) is 0 Å². The van der Waals surface area contributed by atoms with Crippen LogP contribution in [0.3, 0.4) is 0 Å². The van der Waals surface area contributed by atoms with Gasteiger partial charge in [-0.25, -0.2) is 4.39 Å². The van der Waals surface area contributed by atoms with E-state index in [0.29, 0.717) is 16.7 Å². The van der Waals surface area contributed by atoms with Crippen LogP contribution in [-0.2, 0) is 6.54 Å². The Kier molecular flexibility index (Phi) is 4.47. The smallest absolute Gasteiger partial charge is 0.139 e. The maximum absolute atomic E-state index is 13.3. The zero-order valence-electron chi connectivity index (χ0n) is 10.3. The molecule has 0 fully saturated rings. The van der Waals surface area contributed by atoms with Gasteiger partial charge in [-0.3, -0.25) is 0 Å². The molecule has 2 rings (SSSR count). The van der Waals surface area contributed by atoms with Gasteiger partial charge in [0, 0.05) is 24.1 Å². The molecule has 0 aromatic heterocycles. The lowest BCUT2D eigenvalue weighted by atomic mass is 10.2. The van der Waals surface area contributed by atoms with Crippen LogP contribution in [0, 0.1) is 5.82 Å². The zero-order chi connectivity index (χ0) is 14.0. The Hall–Kier alpha value is -1.07. The van der Waals surface area contributed by atoms with Crippen LogP contribution in [0.1, 0.15) is 5.56 Å². The lowest BCUT2D eigenvalue weighted by Gasteiger charge is -2.21. The normalized spacial score (nSPS) is 10.5. The number of hydrogen-bond acceptors (Lipinski definition) is 2. The van der Waals surface area contributed by atoms with Crippen LogP contribution in [0.15, 0.2) is 45.3 Å². The van der Waals surface area contributed by atoms with E-state index in [2.05, 4.69) is 31.9 Å². The number of anilines is 2. The van der Waals surface area contributed by atoms with Crippen molar-refractivity contribution in [3.05, 3.63) is 56.7 Å². The third-order valence-corrected chi connectivity index (χ3v) is 3.95. The molecule has 0 aliphatic heterocycles. The van der Waals surface area contributed by atoms with Crippen molar-refractivity contribution in [3.8, 4) is 0 Å². The Morgan fingerprint density at radius 3 is 2.42 bits per heavy atom. The molecule has 0 aliphatic carbocycles. The summed E-state index contributed by atoms with van der Waals surface area (Å²) >= 11 is 6.58. The standard InChI is InChI=1S/C14H13Br2FN2/c1-19(8-9-2-4-10(15)5-3-9)14-6-11(16)12(17)7-13(14)18/h2-7H,8,18H2,1H3. The monoisotopic (exact) mass is 386 g/mol. The molecule has 0 unspecified atom stereocenters. The molecule has 0 saturated heterocycles. The van der Waals surface area contributed by atoms with Crippen molar-refractivity contribution in [1.82, 2.24) is 0 Å². The molecule has 0 saturated carbocycles. The Labute approximate surface area is 128 Å². The van der Waals surface area contributed by atoms with Gasteiger partial charge in [0.2, 0.25) is 0 Å². The summed E-state index contributed by atoms with van der Waals surface area (Å²) in [5.41, 5.74) is 8.25. The first kappa shape index (κ1) is 14.3. The number of nitrogens with two attached hydrogens (primary N) is 1. The highest BCUT2D eigenvalue weighted by atomic mass is 79.9. The third kappa shape index (κ3) is 3.48. The van der Waals surface area contributed by atoms with Gasteiger partial charge in [-0.15, -0.1) is 0 Å². The second kappa shape index (κ2) is 5.92. The second-order valence-electron chi connectivity index (χ2n) is 4.31. The van der Waals surface area contributed by atoms with E-state index in [4.69, 9.17) is 5.73 Å². The highest BCUT2D eigenvalue weighted by Gasteiger charge is 2.10. The average Bonchev–Trinajstić information content (AvgIpc) is 2.36. The van der Waals surface area contributed by atoms with Gasteiger partial charge in [0.15, 0.2) is 0 Å². The van der Waals surface area contributed by atoms with E-state index in [1.807, 2.05) is 36.2 Å². The van der Waals surface area contributed by atoms with E-state index in [9.17, 15) is 4.39 Å². The Morgan fingerprint density at radius 1 is 1.16 bits per heavy atom. The highest BCUT2D eigenvalue weighted by Crippen LogP contribution is 2.30. The predicted octanol–water partition coefficient (Wildman–Crippen LogP) is 4.57. The molecular weight excluding hydrogens is 375 g/mol. The largest absolute Gasteiger partial charge is 0.397 e. The molecule has 0 aliphatic rings. The van der Waals surface area contributed by atoms with E-state index in [-0.39, 0.29) is 5.82 Å². The van der Waals surface area contributed by atoms with Crippen LogP contribution < -0.4 is 10.6 Å². The van der Waals surface area contributed by atoms with E-state index in [1.54, 1.807) is 6.07 Å².